The van der Waals surface area contributed by atoms with Gasteiger partial charge >= 0.3 is 5.69 Å². The topological polar surface area (TPSA) is 118 Å². The lowest BCUT2D eigenvalue weighted by molar-refractivity contribution is 0.0980. The highest BCUT2D eigenvalue weighted by Gasteiger charge is 2.22. The summed E-state index contributed by atoms with van der Waals surface area (Å²) in [6.45, 7) is 6.20. The molecule has 0 unspecified atom stereocenters. The molecule has 3 rings (SSSR count). The van der Waals surface area contributed by atoms with Crippen molar-refractivity contribution in [1.82, 2.24) is 34.6 Å². The van der Waals surface area contributed by atoms with Crippen molar-refractivity contribution >= 4 is 5.78 Å². The number of carbonyl (C=O) groups is 1. The smallest absolute Gasteiger partial charge is 0.292 e. The number of hydrogen-bond donors (Lipinski definition) is 0. The number of Topliss-reactive ketones (excluding diaryl/α,β-unsaturated/α-hetero) is 1. The van der Waals surface area contributed by atoms with Gasteiger partial charge in [-0.25, -0.2) is 18.7 Å². The van der Waals surface area contributed by atoms with E-state index in [0.717, 1.165) is 14.8 Å². The van der Waals surface area contributed by atoms with Crippen LogP contribution in [-0.4, -0.2) is 40.3 Å². The Hall–Kier alpha value is -3.43. The van der Waals surface area contributed by atoms with Gasteiger partial charge in [0.05, 0.1) is 12.1 Å². The van der Waals surface area contributed by atoms with Crippen LogP contribution in [0.25, 0.3) is 5.69 Å². The molecule has 0 aliphatic rings. The first-order valence-corrected chi connectivity index (χ1v) is 8.65. The fourth-order valence-corrected chi connectivity index (χ4v) is 2.71. The Morgan fingerprint density at radius 2 is 1.68 bits per heavy atom. The van der Waals surface area contributed by atoms with Crippen LogP contribution in [0, 0.1) is 0 Å². The van der Waals surface area contributed by atoms with Crippen LogP contribution >= 0.6 is 0 Å². The van der Waals surface area contributed by atoms with Gasteiger partial charge in [0, 0.05) is 14.1 Å². The Kier molecular flexibility index (Phi) is 4.80. The highest BCUT2D eigenvalue weighted by Crippen LogP contribution is 2.22. The lowest BCUT2D eigenvalue weighted by Gasteiger charge is -2.19. The van der Waals surface area contributed by atoms with Crippen LogP contribution in [0.3, 0.4) is 0 Å². The zero-order valence-electron chi connectivity index (χ0n) is 16.4. The fraction of sp³-hybridized carbons (Fsp3) is 0.389. The lowest BCUT2D eigenvalue weighted by atomic mass is 9.87. The largest absolute Gasteiger partial charge is 0.351 e. The maximum Gasteiger partial charge on any atom is 0.351 e. The summed E-state index contributed by atoms with van der Waals surface area (Å²) in [6, 6.07) is 7.08. The van der Waals surface area contributed by atoms with Crippen LogP contribution in [0.5, 0.6) is 0 Å². The number of carbonyl (C=O) groups excluding carboxylic acids is 1. The van der Waals surface area contributed by atoms with Crippen molar-refractivity contribution in [2.45, 2.75) is 32.6 Å². The summed E-state index contributed by atoms with van der Waals surface area (Å²) in [6.07, 6.45) is -0.201. The second kappa shape index (κ2) is 6.95. The number of aromatic nitrogens is 7. The van der Waals surface area contributed by atoms with E-state index in [4.69, 9.17) is 0 Å². The Bertz CT molecular complexity index is 1150. The molecule has 0 saturated carbocycles. The van der Waals surface area contributed by atoms with Crippen molar-refractivity contribution in [2.24, 2.45) is 14.1 Å². The molecule has 2 aromatic heterocycles. The number of hydrogen-bond acceptors (Lipinski definition) is 7. The van der Waals surface area contributed by atoms with Gasteiger partial charge in [-0.05, 0) is 33.5 Å². The maximum atomic E-state index is 12.9. The van der Waals surface area contributed by atoms with Crippen LogP contribution < -0.4 is 11.2 Å². The molecule has 0 fully saturated rings. The molecule has 0 bridgehead atoms. The number of nitrogens with zero attached hydrogens (tertiary/aromatic N) is 7. The number of ketones is 1. The van der Waals surface area contributed by atoms with Gasteiger partial charge in [-0.3, -0.25) is 9.59 Å². The standard InChI is InChI=1S/C18H21N7O3/c1-18(2,3)11-6-8-12(9-7-11)25-16(27)15(20-24(5)17(25)28)13(26)10-14-19-21-22-23(14)4/h6-9H,10H2,1-5H3. The molecule has 1 aromatic carbocycles. The van der Waals surface area contributed by atoms with Crippen molar-refractivity contribution in [3.05, 3.63) is 62.2 Å². The molecule has 0 aliphatic carbocycles. The molecule has 146 valence electrons. The Morgan fingerprint density at radius 3 is 2.21 bits per heavy atom. The average molecular weight is 383 g/mol. The first-order chi connectivity index (χ1) is 13.1. The highest BCUT2D eigenvalue weighted by molar-refractivity contribution is 5.94. The van der Waals surface area contributed by atoms with Crippen molar-refractivity contribution < 1.29 is 4.79 Å². The van der Waals surface area contributed by atoms with Crippen molar-refractivity contribution in [3.63, 3.8) is 0 Å². The molecule has 0 atom stereocenters. The molecule has 3 aromatic rings. The lowest BCUT2D eigenvalue weighted by Crippen LogP contribution is -2.43. The summed E-state index contributed by atoms with van der Waals surface area (Å²) >= 11 is 0. The molecule has 28 heavy (non-hydrogen) atoms. The van der Waals surface area contributed by atoms with E-state index >= 15 is 0 Å². The zero-order valence-corrected chi connectivity index (χ0v) is 16.4. The number of aryl methyl sites for hydroxylation is 2. The third-order valence-corrected chi connectivity index (χ3v) is 4.41. The quantitative estimate of drug-likeness (QED) is 0.590. The van der Waals surface area contributed by atoms with Crippen LogP contribution in [0.15, 0.2) is 33.9 Å². The molecule has 0 N–H and O–H groups in total. The number of tetrazole rings is 1. The van der Waals surface area contributed by atoms with E-state index in [0.29, 0.717) is 11.5 Å². The van der Waals surface area contributed by atoms with E-state index < -0.39 is 17.0 Å². The third-order valence-electron chi connectivity index (χ3n) is 4.41. The summed E-state index contributed by atoms with van der Waals surface area (Å²) in [5, 5.41) is 14.7. The predicted octanol–water partition coefficient (Wildman–Crippen LogP) is 0.178. The molecule has 0 radical (unpaired) electrons. The molecule has 0 spiro atoms. The average Bonchev–Trinajstić information content (AvgIpc) is 3.02. The molecule has 0 amide bonds. The van der Waals surface area contributed by atoms with E-state index in [-0.39, 0.29) is 17.5 Å². The monoisotopic (exact) mass is 383 g/mol. The van der Waals surface area contributed by atoms with Crippen molar-refractivity contribution in [1.29, 1.82) is 0 Å². The molecule has 0 aliphatic heterocycles. The van der Waals surface area contributed by atoms with Gasteiger partial charge in [0.1, 0.15) is 0 Å². The first-order valence-electron chi connectivity index (χ1n) is 8.65. The second-order valence-electron chi connectivity index (χ2n) is 7.51. The minimum absolute atomic E-state index is 0.0715. The molecule has 10 heteroatoms. The molecule has 10 nitrogen and oxygen atoms in total. The first kappa shape index (κ1) is 19.3. The summed E-state index contributed by atoms with van der Waals surface area (Å²) in [5.41, 5.74) is -0.392. The van der Waals surface area contributed by atoms with E-state index in [1.165, 1.54) is 11.7 Å². The van der Waals surface area contributed by atoms with Crippen LogP contribution in [-0.2, 0) is 25.9 Å². The number of rotatable bonds is 4. The van der Waals surface area contributed by atoms with Crippen molar-refractivity contribution in [3.8, 4) is 5.69 Å². The summed E-state index contributed by atoms with van der Waals surface area (Å²) < 4.78 is 3.26. The minimum Gasteiger partial charge on any atom is -0.292 e. The van der Waals surface area contributed by atoms with E-state index in [1.807, 2.05) is 12.1 Å². The van der Waals surface area contributed by atoms with E-state index in [2.05, 4.69) is 41.4 Å². The van der Waals surface area contributed by atoms with Gasteiger partial charge in [-0.15, -0.1) is 5.10 Å². The maximum absolute atomic E-state index is 12.9. The van der Waals surface area contributed by atoms with Gasteiger partial charge in [0.15, 0.2) is 17.3 Å². The second-order valence-corrected chi connectivity index (χ2v) is 7.51. The zero-order chi connectivity index (χ0) is 20.6. The van der Waals surface area contributed by atoms with Gasteiger partial charge in [0.25, 0.3) is 5.56 Å². The van der Waals surface area contributed by atoms with E-state index in [9.17, 15) is 14.4 Å². The van der Waals surface area contributed by atoms with Crippen LogP contribution in [0.2, 0.25) is 0 Å². The third kappa shape index (κ3) is 3.53. The SMILES string of the molecule is Cn1nnnc1CC(=O)c1nn(C)c(=O)n(-c2ccc(C(C)(C)C)cc2)c1=O. The summed E-state index contributed by atoms with van der Waals surface area (Å²) in [5.74, 6) is -0.278. The molecular formula is C18H21N7O3. The van der Waals surface area contributed by atoms with Gasteiger partial charge < -0.3 is 0 Å². The molecule has 0 saturated heterocycles. The van der Waals surface area contributed by atoms with Gasteiger partial charge in [-0.2, -0.15) is 5.10 Å². The normalized spacial score (nSPS) is 11.6. The number of benzene rings is 1. The Balaban J connectivity index is 2.08. The van der Waals surface area contributed by atoms with Gasteiger partial charge in [-0.1, -0.05) is 32.9 Å². The molecular weight excluding hydrogens is 362 g/mol. The fourth-order valence-electron chi connectivity index (χ4n) is 2.71. The van der Waals surface area contributed by atoms with Crippen LogP contribution in [0.4, 0.5) is 0 Å². The predicted molar refractivity (Wildman–Crippen MR) is 101 cm³/mol. The Labute approximate surface area is 160 Å². The van der Waals surface area contributed by atoms with E-state index in [1.54, 1.807) is 19.2 Å². The Morgan fingerprint density at radius 1 is 1.04 bits per heavy atom. The van der Waals surface area contributed by atoms with Crippen molar-refractivity contribution in [2.75, 3.05) is 0 Å². The van der Waals surface area contributed by atoms with Gasteiger partial charge in [0.2, 0.25) is 0 Å². The minimum atomic E-state index is -0.772. The molecule has 2 heterocycles. The highest BCUT2D eigenvalue weighted by atomic mass is 16.2. The van der Waals surface area contributed by atoms with Crippen LogP contribution in [0.1, 0.15) is 42.6 Å². The summed E-state index contributed by atoms with van der Waals surface area (Å²) in [4.78, 5) is 38.0. The summed E-state index contributed by atoms with van der Waals surface area (Å²) in [7, 11) is 2.98.